The van der Waals surface area contributed by atoms with Crippen molar-refractivity contribution >= 4 is 49.4 Å². The number of furan rings is 1. The van der Waals surface area contributed by atoms with Gasteiger partial charge in [-0.1, -0.05) is 41.9 Å². The molecule has 1 aliphatic heterocycles. The first-order valence-electron chi connectivity index (χ1n) is 12.7. The van der Waals surface area contributed by atoms with Gasteiger partial charge in [0.2, 0.25) is 0 Å². The standard InChI is InChI=1S/C33H21N4O2.Pt/c1-35-15-16-36(21-35)22-7-6-8-23(17-22)38-24-13-14-26-25-9-2-4-11-29(25)37(30(26)18-24)33-19-32-28(20-34-33)27-10-3-5-12-31(27)39-32;/h2-16,19-21H,1H3;/q-3;. The Bertz CT molecular complexity index is 2080. The van der Waals surface area contributed by atoms with Crippen LogP contribution in [0.2, 0.25) is 0 Å². The van der Waals surface area contributed by atoms with E-state index in [0.29, 0.717) is 11.5 Å². The number of benzene rings is 4. The number of hydrogen-bond acceptors (Lipinski definition) is 5. The summed E-state index contributed by atoms with van der Waals surface area (Å²) in [5, 5.41) is 4.25. The predicted molar refractivity (Wildman–Crippen MR) is 154 cm³/mol. The van der Waals surface area contributed by atoms with Gasteiger partial charge in [0, 0.05) is 61.1 Å². The average molecular weight is 701 g/mol. The molecule has 7 heteroatoms. The van der Waals surface area contributed by atoms with Gasteiger partial charge >= 0.3 is 0 Å². The number of rotatable bonds is 4. The van der Waals surface area contributed by atoms with Crippen LogP contribution < -0.4 is 9.64 Å². The maximum atomic E-state index is 6.27. The van der Waals surface area contributed by atoms with E-state index in [2.05, 4.69) is 41.0 Å². The fourth-order valence-corrected chi connectivity index (χ4v) is 5.26. The maximum Gasteiger partial charge on any atom is 0.140 e. The van der Waals surface area contributed by atoms with Crippen LogP contribution in [-0.4, -0.2) is 21.5 Å². The van der Waals surface area contributed by atoms with Gasteiger partial charge in [-0.3, -0.25) is 0 Å². The maximum absolute atomic E-state index is 6.27. The van der Waals surface area contributed by atoms with Crippen molar-refractivity contribution in [1.29, 1.82) is 0 Å². The SMILES string of the molecule is CN1C=CN(c2[c-]c(Oc3[c-]c4c(cc3)c3ccccc3n4-c3cc4oc5ccccc5c4cn3)ccc2)[CH-]1.[Pt]. The summed E-state index contributed by atoms with van der Waals surface area (Å²) in [5.74, 6) is 1.97. The van der Waals surface area contributed by atoms with E-state index in [1.165, 1.54) is 0 Å². The summed E-state index contributed by atoms with van der Waals surface area (Å²) in [7, 11) is 1.99. The van der Waals surface area contributed by atoms with Crippen molar-refractivity contribution in [1.82, 2.24) is 14.5 Å². The fraction of sp³-hybridized carbons (Fsp3) is 0.0303. The molecule has 40 heavy (non-hydrogen) atoms. The van der Waals surface area contributed by atoms with Gasteiger partial charge in [-0.05, 0) is 37.0 Å². The first-order valence-corrected chi connectivity index (χ1v) is 12.7. The van der Waals surface area contributed by atoms with Gasteiger partial charge in [-0.15, -0.1) is 41.4 Å². The normalized spacial score (nSPS) is 13.1. The van der Waals surface area contributed by atoms with Crippen LogP contribution >= 0.6 is 0 Å². The summed E-state index contributed by atoms with van der Waals surface area (Å²) in [6.07, 6.45) is 5.86. The van der Waals surface area contributed by atoms with Crippen molar-refractivity contribution in [2.45, 2.75) is 0 Å². The summed E-state index contributed by atoms with van der Waals surface area (Å²) in [5.41, 5.74) is 4.46. The monoisotopic (exact) mass is 700 g/mol. The molecule has 0 spiro atoms. The van der Waals surface area contributed by atoms with Gasteiger partial charge in [-0.25, -0.2) is 4.98 Å². The average Bonchev–Trinajstić information content (AvgIpc) is 3.66. The van der Waals surface area contributed by atoms with Crippen LogP contribution in [0.4, 0.5) is 5.69 Å². The number of anilines is 1. The van der Waals surface area contributed by atoms with E-state index in [1.807, 2.05) is 103 Å². The van der Waals surface area contributed by atoms with Crippen LogP contribution in [0.15, 0.2) is 108 Å². The minimum atomic E-state index is 0. The molecule has 8 rings (SSSR count). The Morgan fingerprint density at radius 1 is 0.775 bits per heavy atom. The zero-order valence-electron chi connectivity index (χ0n) is 21.3. The first-order chi connectivity index (χ1) is 19.2. The van der Waals surface area contributed by atoms with Gasteiger partial charge in [0.25, 0.3) is 0 Å². The second-order valence-electron chi connectivity index (χ2n) is 9.56. The van der Waals surface area contributed by atoms with Gasteiger partial charge in [0.1, 0.15) is 17.0 Å². The molecule has 1 aliphatic rings. The van der Waals surface area contributed by atoms with Gasteiger partial charge in [0.15, 0.2) is 0 Å². The van der Waals surface area contributed by atoms with E-state index in [4.69, 9.17) is 14.1 Å². The van der Waals surface area contributed by atoms with E-state index in [0.717, 1.165) is 55.2 Å². The Kier molecular flexibility index (Phi) is 5.87. The fourth-order valence-electron chi connectivity index (χ4n) is 5.26. The summed E-state index contributed by atoms with van der Waals surface area (Å²) in [6, 6.07) is 35.1. The molecule has 0 aliphatic carbocycles. The zero-order valence-corrected chi connectivity index (χ0v) is 23.6. The molecule has 0 atom stereocenters. The molecule has 0 radical (unpaired) electrons. The van der Waals surface area contributed by atoms with Crippen molar-refractivity contribution in [3.8, 4) is 17.3 Å². The number of fused-ring (bicyclic) bond motifs is 6. The molecule has 0 fully saturated rings. The number of nitrogens with zero attached hydrogens (tertiary/aromatic N) is 4. The number of pyridine rings is 1. The molecule has 4 aromatic carbocycles. The predicted octanol–water partition coefficient (Wildman–Crippen LogP) is 7.81. The van der Waals surface area contributed by atoms with E-state index in [9.17, 15) is 0 Å². The van der Waals surface area contributed by atoms with Crippen LogP contribution in [-0.2, 0) is 21.1 Å². The number of hydrogen-bond donors (Lipinski definition) is 0. The molecule has 3 aromatic heterocycles. The molecule has 7 aromatic rings. The van der Waals surface area contributed by atoms with Crippen LogP contribution in [0.1, 0.15) is 0 Å². The Balaban J connectivity index is 0.00000264. The number of ether oxygens (including phenoxy) is 1. The third-order valence-corrected chi connectivity index (χ3v) is 7.05. The van der Waals surface area contributed by atoms with Crippen molar-refractivity contribution in [3.63, 3.8) is 0 Å². The zero-order chi connectivity index (χ0) is 25.9. The Morgan fingerprint density at radius 2 is 1.60 bits per heavy atom. The molecule has 6 nitrogen and oxygen atoms in total. The van der Waals surface area contributed by atoms with E-state index >= 15 is 0 Å². The van der Waals surface area contributed by atoms with Gasteiger partial charge in [-0.2, -0.15) is 18.8 Å². The molecular weight excluding hydrogens is 679 g/mol. The van der Waals surface area contributed by atoms with Crippen LogP contribution in [0, 0.1) is 18.8 Å². The van der Waals surface area contributed by atoms with Crippen molar-refractivity contribution < 1.29 is 30.2 Å². The molecule has 0 unspecified atom stereocenters. The van der Waals surface area contributed by atoms with Gasteiger partial charge in [0.05, 0.1) is 0 Å². The Morgan fingerprint density at radius 3 is 2.48 bits per heavy atom. The summed E-state index contributed by atoms with van der Waals surface area (Å²) in [4.78, 5) is 8.85. The topological polar surface area (TPSA) is 46.7 Å². The second kappa shape index (κ2) is 9.58. The molecule has 4 heterocycles. The summed E-state index contributed by atoms with van der Waals surface area (Å²) < 4.78 is 14.6. The van der Waals surface area contributed by atoms with Crippen LogP contribution in [0.25, 0.3) is 49.6 Å². The summed E-state index contributed by atoms with van der Waals surface area (Å²) >= 11 is 0. The van der Waals surface area contributed by atoms with Crippen LogP contribution in [0.3, 0.4) is 0 Å². The molecule has 0 saturated heterocycles. The molecule has 0 N–H and O–H groups in total. The third-order valence-electron chi connectivity index (χ3n) is 7.05. The number of aromatic nitrogens is 2. The largest absolute Gasteiger partial charge is 0.510 e. The first kappa shape index (κ1) is 24.5. The molecule has 198 valence electrons. The van der Waals surface area contributed by atoms with Crippen LogP contribution in [0.5, 0.6) is 11.5 Å². The second-order valence-corrected chi connectivity index (χ2v) is 9.56. The van der Waals surface area contributed by atoms with E-state index in [-0.39, 0.29) is 21.1 Å². The number of para-hydroxylation sites is 2. The summed E-state index contributed by atoms with van der Waals surface area (Å²) in [6.45, 7) is 1.98. The quantitative estimate of drug-likeness (QED) is 0.176. The molecule has 0 bridgehead atoms. The van der Waals surface area contributed by atoms with E-state index < -0.39 is 0 Å². The Hall–Kier alpha value is -4.54. The molecular formula is C33H21N4O2Pt-3. The minimum absolute atomic E-state index is 0. The minimum Gasteiger partial charge on any atom is -0.510 e. The Labute approximate surface area is 244 Å². The smallest absolute Gasteiger partial charge is 0.140 e. The molecule has 0 saturated carbocycles. The van der Waals surface area contributed by atoms with Crippen molar-refractivity contribution in [2.75, 3.05) is 11.9 Å². The van der Waals surface area contributed by atoms with Crippen molar-refractivity contribution in [2.24, 2.45) is 0 Å². The van der Waals surface area contributed by atoms with Gasteiger partial charge < -0.3 is 23.5 Å². The molecule has 0 amide bonds. The van der Waals surface area contributed by atoms with Crippen molar-refractivity contribution in [3.05, 3.63) is 122 Å². The van der Waals surface area contributed by atoms with E-state index in [1.54, 1.807) is 0 Å². The third kappa shape index (κ3) is 3.95.